The lowest BCUT2D eigenvalue weighted by Crippen LogP contribution is -2.36. The molecule has 1 aliphatic heterocycles. The van der Waals surface area contributed by atoms with Crippen LogP contribution in [-0.2, 0) is 4.74 Å². The van der Waals surface area contributed by atoms with E-state index in [9.17, 15) is 5.26 Å². The predicted octanol–water partition coefficient (Wildman–Crippen LogP) is 3.44. The smallest absolute Gasteiger partial charge is 0.234 e. The molecule has 1 saturated carbocycles. The topological polar surface area (TPSA) is 62.3 Å². The molecular weight excluding hydrogens is 325 g/mol. The summed E-state index contributed by atoms with van der Waals surface area (Å²) in [5, 5.41) is 9.32. The number of halogens is 2. The summed E-state index contributed by atoms with van der Waals surface area (Å²) in [7, 11) is 0. The first kappa shape index (κ1) is 15.7. The molecule has 3 rings (SSSR count). The summed E-state index contributed by atoms with van der Waals surface area (Å²) in [6.07, 6.45) is 1.82. The monoisotopic (exact) mass is 341 g/mol. The maximum Gasteiger partial charge on any atom is 0.234 e. The number of allylic oxidation sites excluding steroid dienone is 1. The first-order valence-electron chi connectivity index (χ1n) is 7.21. The quantitative estimate of drug-likeness (QED) is 0.842. The van der Waals surface area contributed by atoms with Gasteiger partial charge < -0.3 is 14.1 Å². The van der Waals surface area contributed by atoms with E-state index in [1.165, 1.54) is 0 Å². The minimum absolute atomic E-state index is 0.0328. The summed E-state index contributed by atoms with van der Waals surface area (Å²) < 4.78 is 11.5. The molecule has 1 aromatic rings. The van der Waals surface area contributed by atoms with E-state index in [0.717, 1.165) is 0 Å². The number of oxazole rings is 1. The van der Waals surface area contributed by atoms with E-state index in [1.807, 2.05) is 11.0 Å². The van der Waals surface area contributed by atoms with E-state index in [1.54, 1.807) is 0 Å². The van der Waals surface area contributed by atoms with E-state index in [-0.39, 0.29) is 21.7 Å². The molecule has 2 heterocycles. The second-order valence-electron chi connectivity index (χ2n) is 6.20. The van der Waals surface area contributed by atoms with Gasteiger partial charge in [0.1, 0.15) is 10.6 Å². The van der Waals surface area contributed by atoms with Crippen LogP contribution in [0, 0.1) is 22.7 Å². The van der Waals surface area contributed by atoms with Crippen LogP contribution in [0.15, 0.2) is 15.0 Å². The zero-order chi connectivity index (χ0) is 15.9. The number of morpholine rings is 1. The number of rotatable bonds is 3. The van der Waals surface area contributed by atoms with Gasteiger partial charge in [-0.15, -0.1) is 0 Å². The highest BCUT2D eigenvalue weighted by Crippen LogP contribution is 2.65. The van der Waals surface area contributed by atoms with Crippen molar-refractivity contribution in [2.75, 3.05) is 31.2 Å². The predicted molar refractivity (Wildman–Crippen MR) is 84.1 cm³/mol. The van der Waals surface area contributed by atoms with Gasteiger partial charge in [0.2, 0.25) is 17.5 Å². The van der Waals surface area contributed by atoms with E-state index in [2.05, 4.69) is 24.9 Å². The summed E-state index contributed by atoms with van der Waals surface area (Å²) in [5.74, 6) is 1.38. The van der Waals surface area contributed by atoms with Crippen LogP contribution in [0.25, 0.3) is 0 Å². The first-order valence-corrected chi connectivity index (χ1v) is 7.97. The molecule has 1 aromatic heterocycles. The molecule has 2 atom stereocenters. The number of nitrogens with zero attached hydrogens (tertiary/aromatic N) is 3. The van der Waals surface area contributed by atoms with Gasteiger partial charge in [-0.25, -0.2) is 4.98 Å². The van der Waals surface area contributed by atoms with Crippen LogP contribution in [0.3, 0.4) is 0 Å². The van der Waals surface area contributed by atoms with Crippen molar-refractivity contribution in [2.45, 2.75) is 19.8 Å². The van der Waals surface area contributed by atoms with Gasteiger partial charge in [-0.05, 0) is 17.4 Å². The summed E-state index contributed by atoms with van der Waals surface area (Å²) in [4.78, 5) is 6.40. The van der Waals surface area contributed by atoms with Gasteiger partial charge >= 0.3 is 0 Å². The number of ether oxygens (including phenoxy) is 1. The lowest BCUT2D eigenvalue weighted by Gasteiger charge is -2.26. The fraction of sp³-hybridized carbons (Fsp3) is 0.600. The van der Waals surface area contributed by atoms with Crippen molar-refractivity contribution in [3.63, 3.8) is 0 Å². The van der Waals surface area contributed by atoms with Gasteiger partial charge in [-0.3, -0.25) is 0 Å². The highest BCUT2D eigenvalue weighted by molar-refractivity contribution is 6.55. The Balaban J connectivity index is 1.89. The molecule has 0 N–H and O–H groups in total. The molecule has 1 aliphatic carbocycles. The molecule has 0 spiro atoms. The summed E-state index contributed by atoms with van der Waals surface area (Å²) >= 11 is 11.6. The van der Waals surface area contributed by atoms with Crippen molar-refractivity contribution in [3.8, 4) is 6.07 Å². The number of anilines is 1. The molecule has 0 amide bonds. The molecule has 7 heteroatoms. The molecular formula is C15H17Cl2N3O2. The van der Waals surface area contributed by atoms with Crippen molar-refractivity contribution in [1.82, 2.24) is 4.98 Å². The fourth-order valence-electron chi connectivity index (χ4n) is 3.11. The Kier molecular flexibility index (Phi) is 4.11. The average molecular weight is 342 g/mol. The van der Waals surface area contributed by atoms with Crippen LogP contribution < -0.4 is 4.90 Å². The van der Waals surface area contributed by atoms with Crippen LogP contribution >= 0.6 is 23.2 Å². The Labute approximate surface area is 139 Å². The summed E-state index contributed by atoms with van der Waals surface area (Å²) in [6, 6.07) is 2.12. The van der Waals surface area contributed by atoms with Gasteiger partial charge in [0.25, 0.3) is 0 Å². The number of hydrogen-bond donors (Lipinski definition) is 0. The lowest BCUT2D eigenvalue weighted by molar-refractivity contribution is 0.120. The second-order valence-corrected chi connectivity index (χ2v) is 7.21. The van der Waals surface area contributed by atoms with E-state index < -0.39 is 0 Å². The molecule has 2 fully saturated rings. The first-order chi connectivity index (χ1) is 10.4. The molecule has 5 nitrogen and oxygen atoms in total. The van der Waals surface area contributed by atoms with E-state index in [4.69, 9.17) is 32.4 Å². The Morgan fingerprint density at radius 2 is 2.09 bits per heavy atom. The molecule has 118 valence electrons. The minimum Gasteiger partial charge on any atom is -0.423 e. The van der Waals surface area contributed by atoms with Gasteiger partial charge in [-0.2, -0.15) is 5.26 Å². The Morgan fingerprint density at radius 1 is 1.41 bits per heavy atom. The highest BCUT2D eigenvalue weighted by atomic mass is 35.5. The van der Waals surface area contributed by atoms with Crippen LogP contribution in [-0.4, -0.2) is 31.3 Å². The van der Waals surface area contributed by atoms with Gasteiger partial charge in [-0.1, -0.05) is 37.0 Å². The van der Waals surface area contributed by atoms with Crippen LogP contribution in [0.5, 0.6) is 0 Å². The molecule has 0 radical (unpaired) electrons. The van der Waals surface area contributed by atoms with Crippen molar-refractivity contribution < 1.29 is 9.15 Å². The van der Waals surface area contributed by atoms with Crippen LogP contribution in [0.4, 0.5) is 5.88 Å². The Hall–Kier alpha value is -1.22. The van der Waals surface area contributed by atoms with Crippen LogP contribution in [0.1, 0.15) is 31.4 Å². The average Bonchev–Trinajstić information content (AvgIpc) is 2.86. The molecule has 0 aromatic carbocycles. The zero-order valence-electron chi connectivity index (χ0n) is 12.5. The zero-order valence-corrected chi connectivity index (χ0v) is 14.0. The normalized spacial score (nSPS) is 26.4. The van der Waals surface area contributed by atoms with Gasteiger partial charge in [0.15, 0.2) is 0 Å². The summed E-state index contributed by atoms with van der Waals surface area (Å²) in [5.41, 5.74) is 0.300. The van der Waals surface area contributed by atoms with Crippen molar-refractivity contribution in [1.29, 1.82) is 5.26 Å². The molecule has 0 bridgehead atoms. The molecule has 2 aliphatic rings. The lowest BCUT2D eigenvalue weighted by atomic mass is 10.1. The third kappa shape index (κ3) is 2.71. The van der Waals surface area contributed by atoms with Gasteiger partial charge in [0.05, 0.1) is 13.2 Å². The largest absolute Gasteiger partial charge is 0.423 e. The Morgan fingerprint density at radius 3 is 2.68 bits per heavy atom. The fourth-order valence-corrected chi connectivity index (χ4v) is 3.38. The highest BCUT2D eigenvalue weighted by Gasteiger charge is 2.60. The standard InChI is InChI=1S/C15H17Cl2N3O2/c1-15(2)9(7-11(16)17)12(15)13-19-10(8-18)14(22-13)20-3-5-21-6-4-20/h7,9,12H,3-6H2,1-2H3/t9-,12-/m0/s1. The number of aromatic nitrogens is 1. The van der Waals surface area contributed by atoms with Gasteiger partial charge in [0, 0.05) is 19.0 Å². The van der Waals surface area contributed by atoms with Crippen molar-refractivity contribution in [2.24, 2.45) is 11.3 Å². The summed E-state index contributed by atoms with van der Waals surface area (Å²) in [6.45, 7) is 6.88. The van der Waals surface area contributed by atoms with Crippen molar-refractivity contribution in [3.05, 3.63) is 22.2 Å². The van der Waals surface area contributed by atoms with Crippen LogP contribution in [0.2, 0.25) is 0 Å². The minimum atomic E-state index is -0.0328. The molecule has 1 saturated heterocycles. The van der Waals surface area contributed by atoms with Crippen molar-refractivity contribution >= 4 is 29.1 Å². The molecule has 22 heavy (non-hydrogen) atoms. The number of nitriles is 1. The van der Waals surface area contributed by atoms with E-state index in [0.29, 0.717) is 43.8 Å². The Bertz CT molecular complexity index is 638. The molecule has 0 unspecified atom stereocenters. The maximum atomic E-state index is 9.32. The third-order valence-electron chi connectivity index (χ3n) is 4.51. The SMILES string of the molecule is CC1(C)[C@H](c2nc(C#N)c(N3CCOCC3)o2)[C@@H]1C=C(Cl)Cl. The second kappa shape index (κ2) is 5.77. The van der Waals surface area contributed by atoms with E-state index >= 15 is 0 Å². The number of hydrogen-bond acceptors (Lipinski definition) is 5. The third-order valence-corrected chi connectivity index (χ3v) is 4.76. The maximum absolute atomic E-state index is 9.32.